The summed E-state index contributed by atoms with van der Waals surface area (Å²) in [6.07, 6.45) is 0. The van der Waals surface area contributed by atoms with Crippen LogP contribution in [0.5, 0.6) is 11.5 Å². The van der Waals surface area contributed by atoms with Crippen molar-refractivity contribution in [2.45, 2.75) is 40.2 Å². The molecule has 0 unspecified atom stereocenters. The van der Waals surface area contributed by atoms with E-state index >= 15 is 0 Å². The number of rotatable bonds is 5. The van der Waals surface area contributed by atoms with E-state index in [-0.39, 0.29) is 5.97 Å². The fourth-order valence-electron chi connectivity index (χ4n) is 1.59. The SMILES string of the molecule is CCOC(=O)C(C)(C)Oc1ccc(OC(C)=O)cc1C. The molecule has 0 aromatic heterocycles. The molecular weight excluding hydrogens is 260 g/mol. The van der Waals surface area contributed by atoms with E-state index in [2.05, 4.69) is 0 Å². The summed E-state index contributed by atoms with van der Waals surface area (Å²) in [4.78, 5) is 22.7. The summed E-state index contributed by atoms with van der Waals surface area (Å²) in [6, 6.07) is 4.96. The predicted octanol–water partition coefficient (Wildman–Crippen LogP) is 2.64. The van der Waals surface area contributed by atoms with E-state index in [1.165, 1.54) is 6.92 Å². The van der Waals surface area contributed by atoms with Gasteiger partial charge < -0.3 is 14.2 Å². The van der Waals surface area contributed by atoms with E-state index in [1.807, 2.05) is 6.92 Å². The second-order valence-corrected chi connectivity index (χ2v) is 4.85. The van der Waals surface area contributed by atoms with Gasteiger partial charge in [-0.1, -0.05) is 0 Å². The van der Waals surface area contributed by atoms with Crippen LogP contribution in [0.2, 0.25) is 0 Å². The molecule has 0 aliphatic carbocycles. The molecule has 0 saturated carbocycles. The molecule has 20 heavy (non-hydrogen) atoms. The van der Waals surface area contributed by atoms with Crippen molar-refractivity contribution in [2.75, 3.05) is 6.61 Å². The molecule has 0 radical (unpaired) electrons. The average molecular weight is 280 g/mol. The molecule has 0 N–H and O–H groups in total. The fraction of sp³-hybridized carbons (Fsp3) is 0.467. The third-order valence-corrected chi connectivity index (χ3v) is 2.54. The van der Waals surface area contributed by atoms with Crippen LogP contribution in [0.3, 0.4) is 0 Å². The Balaban J connectivity index is 2.87. The molecular formula is C15H20O5. The van der Waals surface area contributed by atoms with Crippen molar-refractivity contribution in [1.29, 1.82) is 0 Å². The Hall–Kier alpha value is -2.04. The molecule has 1 aromatic carbocycles. The number of ether oxygens (including phenoxy) is 3. The van der Waals surface area contributed by atoms with E-state index in [4.69, 9.17) is 14.2 Å². The molecule has 0 saturated heterocycles. The number of hydrogen-bond donors (Lipinski definition) is 0. The number of benzene rings is 1. The number of carbonyl (C=O) groups excluding carboxylic acids is 2. The molecule has 1 rings (SSSR count). The normalized spacial score (nSPS) is 10.8. The van der Waals surface area contributed by atoms with Crippen molar-refractivity contribution in [3.05, 3.63) is 23.8 Å². The molecule has 0 bridgehead atoms. The van der Waals surface area contributed by atoms with Crippen LogP contribution in [-0.2, 0) is 14.3 Å². The standard InChI is InChI=1S/C15H20O5/c1-6-18-14(17)15(4,5)20-13-8-7-12(9-10(13)2)19-11(3)16/h7-9H,6H2,1-5H3. The number of hydrogen-bond acceptors (Lipinski definition) is 5. The first-order chi connectivity index (χ1) is 9.26. The molecule has 5 nitrogen and oxygen atoms in total. The summed E-state index contributed by atoms with van der Waals surface area (Å²) >= 11 is 0. The molecule has 5 heteroatoms. The van der Waals surface area contributed by atoms with Gasteiger partial charge >= 0.3 is 11.9 Å². The monoisotopic (exact) mass is 280 g/mol. The van der Waals surface area contributed by atoms with Crippen LogP contribution in [0.25, 0.3) is 0 Å². The third-order valence-electron chi connectivity index (χ3n) is 2.54. The topological polar surface area (TPSA) is 61.8 Å². The summed E-state index contributed by atoms with van der Waals surface area (Å²) in [5, 5.41) is 0. The lowest BCUT2D eigenvalue weighted by Crippen LogP contribution is -2.39. The lowest BCUT2D eigenvalue weighted by molar-refractivity contribution is -0.158. The minimum absolute atomic E-state index is 0.302. The molecule has 0 amide bonds. The van der Waals surface area contributed by atoms with Crippen molar-refractivity contribution < 1.29 is 23.8 Å². The van der Waals surface area contributed by atoms with Gasteiger partial charge in [0.2, 0.25) is 0 Å². The smallest absolute Gasteiger partial charge is 0.349 e. The lowest BCUT2D eigenvalue weighted by atomic mass is 10.1. The first kappa shape index (κ1) is 16.0. The maximum Gasteiger partial charge on any atom is 0.349 e. The molecule has 110 valence electrons. The predicted molar refractivity (Wildman–Crippen MR) is 73.8 cm³/mol. The number of carbonyl (C=O) groups is 2. The third kappa shape index (κ3) is 4.26. The Kier molecular flexibility index (Phi) is 5.13. The maximum atomic E-state index is 11.8. The second-order valence-electron chi connectivity index (χ2n) is 4.85. The van der Waals surface area contributed by atoms with Gasteiger partial charge in [0, 0.05) is 6.92 Å². The molecule has 0 spiro atoms. The van der Waals surface area contributed by atoms with Crippen LogP contribution in [0.1, 0.15) is 33.3 Å². The van der Waals surface area contributed by atoms with Crippen LogP contribution in [0.4, 0.5) is 0 Å². The van der Waals surface area contributed by atoms with Crippen LogP contribution >= 0.6 is 0 Å². The Labute approximate surface area is 118 Å². The highest BCUT2D eigenvalue weighted by atomic mass is 16.6. The highest BCUT2D eigenvalue weighted by Crippen LogP contribution is 2.27. The minimum atomic E-state index is -1.08. The van der Waals surface area contributed by atoms with Gasteiger partial charge in [0.15, 0.2) is 5.60 Å². The lowest BCUT2D eigenvalue weighted by Gasteiger charge is -2.25. The number of aryl methyl sites for hydroxylation is 1. The molecule has 0 fully saturated rings. The molecule has 0 aliphatic heterocycles. The second kappa shape index (κ2) is 6.41. The highest BCUT2D eigenvalue weighted by molar-refractivity contribution is 5.79. The van der Waals surface area contributed by atoms with Gasteiger partial charge in [-0.15, -0.1) is 0 Å². The van der Waals surface area contributed by atoms with Gasteiger partial charge in [-0.05, 0) is 51.5 Å². The fourth-order valence-corrected chi connectivity index (χ4v) is 1.59. The zero-order chi connectivity index (χ0) is 15.3. The quantitative estimate of drug-likeness (QED) is 0.613. The van der Waals surface area contributed by atoms with Crippen LogP contribution in [0.15, 0.2) is 18.2 Å². The summed E-state index contributed by atoms with van der Waals surface area (Å²) in [7, 11) is 0. The van der Waals surface area contributed by atoms with Gasteiger partial charge in [0.05, 0.1) is 6.61 Å². The molecule has 1 aromatic rings. The largest absolute Gasteiger partial charge is 0.476 e. The summed E-state index contributed by atoms with van der Waals surface area (Å²) < 4.78 is 15.6. The van der Waals surface area contributed by atoms with Crippen molar-refractivity contribution in [2.24, 2.45) is 0 Å². The maximum absolute atomic E-state index is 11.8. The average Bonchev–Trinajstić information content (AvgIpc) is 2.32. The first-order valence-corrected chi connectivity index (χ1v) is 6.41. The summed E-state index contributed by atoms with van der Waals surface area (Å²) in [6.45, 7) is 8.48. The summed E-state index contributed by atoms with van der Waals surface area (Å²) in [5.74, 6) is 0.170. The Morgan fingerprint density at radius 3 is 2.40 bits per heavy atom. The Morgan fingerprint density at radius 1 is 1.25 bits per heavy atom. The van der Waals surface area contributed by atoms with Crippen LogP contribution in [0, 0.1) is 6.92 Å². The van der Waals surface area contributed by atoms with Crippen LogP contribution in [-0.4, -0.2) is 24.1 Å². The minimum Gasteiger partial charge on any atom is -0.476 e. The zero-order valence-electron chi connectivity index (χ0n) is 12.5. The summed E-state index contributed by atoms with van der Waals surface area (Å²) in [5.41, 5.74) is -0.315. The zero-order valence-corrected chi connectivity index (χ0v) is 12.5. The van der Waals surface area contributed by atoms with Gasteiger partial charge in [-0.25, -0.2) is 4.79 Å². The van der Waals surface area contributed by atoms with Gasteiger partial charge in [0.1, 0.15) is 11.5 Å². The molecule has 0 atom stereocenters. The van der Waals surface area contributed by atoms with E-state index in [0.29, 0.717) is 18.1 Å². The van der Waals surface area contributed by atoms with E-state index < -0.39 is 11.6 Å². The van der Waals surface area contributed by atoms with Crippen molar-refractivity contribution >= 4 is 11.9 Å². The van der Waals surface area contributed by atoms with Gasteiger partial charge in [-0.3, -0.25) is 4.79 Å². The number of esters is 2. The van der Waals surface area contributed by atoms with Gasteiger partial charge in [-0.2, -0.15) is 0 Å². The van der Waals surface area contributed by atoms with Crippen LogP contribution < -0.4 is 9.47 Å². The highest BCUT2D eigenvalue weighted by Gasteiger charge is 2.32. The van der Waals surface area contributed by atoms with E-state index in [1.54, 1.807) is 39.0 Å². The van der Waals surface area contributed by atoms with E-state index in [0.717, 1.165) is 5.56 Å². The van der Waals surface area contributed by atoms with Crippen molar-refractivity contribution in [1.82, 2.24) is 0 Å². The first-order valence-electron chi connectivity index (χ1n) is 6.41. The van der Waals surface area contributed by atoms with Gasteiger partial charge in [0.25, 0.3) is 0 Å². The Morgan fingerprint density at radius 2 is 1.90 bits per heavy atom. The Bertz CT molecular complexity index is 505. The molecule has 0 heterocycles. The van der Waals surface area contributed by atoms with Crippen molar-refractivity contribution in [3.8, 4) is 11.5 Å². The van der Waals surface area contributed by atoms with E-state index in [9.17, 15) is 9.59 Å². The molecule has 0 aliphatic rings. The van der Waals surface area contributed by atoms with Crippen molar-refractivity contribution in [3.63, 3.8) is 0 Å².